The molecule has 4 rings (SSSR count). The summed E-state index contributed by atoms with van der Waals surface area (Å²) >= 11 is 0. The van der Waals surface area contributed by atoms with Gasteiger partial charge in [-0.05, 0) is 36.1 Å². The maximum absolute atomic E-state index is 13.6. The molecule has 3 aliphatic rings. The van der Waals surface area contributed by atoms with E-state index in [4.69, 9.17) is 18.9 Å². The van der Waals surface area contributed by atoms with Crippen molar-refractivity contribution in [2.75, 3.05) is 40.4 Å². The number of ether oxygens (including phenoxy) is 4. The number of benzene rings is 1. The molecule has 1 saturated heterocycles. The number of anilines is 1. The van der Waals surface area contributed by atoms with Crippen LogP contribution in [0.3, 0.4) is 0 Å². The van der Waals surface area contributed by atoms with Gasteiger partial charge in [0.15, 0.2) is 5.70 Å². The number of methoxy groups -OCH3 is 4. The third kappa shape index (κ3) is 3.75. The molecule has 0 saturated carbocycles. The van der Waals surface area contributed by atoms with E-state index in [1.807, 2.05) is 30.9 Å². The van der Waals surface area contributed by atoms with Crippen LogP contribution in [0.15, 0.2) is 34.5 Å². The highest BCUT2D eigenvalue weighted by atomic mass is 16.5. The lowest BCUT2D eigenvalue weighted by Gasteiger charge is -2.39. The van der Waals surface area contributed by atoms with Crippen LogP contribution >= 0.6 is 0 Å². The van der Waals surface area contributed by atoms with Gasteiger partial charge in [-0.3, -0.25) is 9.69 Å². The molecule has 11 heteroatoms. The van der Waals surface area contributed by atoms with Crippen molar-refractivity contribution in [1.82, 2.24) is 4.90 Å². The minimum Gasteiger partial charge on any atom is -0.497 e. The second-order valence-corrected chi connectivity index (χ2v) is 9.65. The first-order valence-electron chi connectivity index (χ1n) is 11.9. The van der Waals surface area contributed by atoms with Gasteiger partial charge in [0.25, 0.3) is 0 Å². The van der Waals surface area contributed by atoms with Crippen LogP contribution in [0, 0.1) is 5.92 Å². The van der Waals surface area contributed by atoms with E-state index in [9.17, 15) is 19.2 Å². The highest BCUT2D eigenvalue weighted by Crippen LogP contribution is 2.58. The molecule has 1 spiro atoms. The maximum atomic E-state index is 13.6. The Morgan fingerprint density at radius 2 is 1.73 bits per heavy atom. The van der Waals surface area contributed by atoms with Gasteiger partial charge in [0.05, 0.1) is 45.5 Å². The number of likely N-dealkylation sites (tertiary alicyclic amines) is 1. The zero-order valence-electron chi connectivity index (χ0n) is 22.0. The second-order valence-electron chi connectivity index (χ2n) is 9.65. The number of carbonyl (C=O) groups is 4. The summed E-state index contributed by atoms with van der Waals surface area (Å²) in [6.07, 6.45) is 0.210. The van der Waals surface area contributed by atoms with Crippen molar-refractivity contribution in [3.8, 4) is 5.75 Å². The predicted octanol–water partition coefficient (Wildman–Crippen LogP) is 1.58. The fourth-order valence-corrected chi connectivity index (χ4v) is 5.76. The summed E-state index contributed by atoms with van der Waals surface area (Å²) in [6.45, 7) is 3.78. The molecule has 1 fully saturated rings. The molecule has 1 aromatic rings. The molecule has 3 aliphatic heterocycles. The maximum Gasteiger partial charge on any atom is 0.357 e. The van der Waals surface area contributed by atoms with Crippen LogP contribution in [-0.2, 0) is 38.8 Å². The predicted molar refractivity (Wildman–Crippen MR) is 132 cm³/mol. The van der Waals surface area contributed by atoms with Crippen LogP contribution in [0.1, 0.15) is 32.3 Å². The number of aliphatic imine (C=N–C) groups is 1. The molecule has 0 bridgehead atoms. The SMILES string of the molecule is COC(=O)C1=C(C(=O)OC)C2N(C)c3ccc(OC)cc3[C@@]23C[C@@H](C(=O)OC)N(C(=O)CC(C)C)C3=N1. The van der Waals surface area contributed by atoms with Crippen LogP contribution in [-0.4, -0.2) is 82.1 Å². The summed E-state index contributed by atoms with van der Waals surface area (Å²) in [5.74, 6) is -1.87. The normalized spacial score (nSPS) is 23.7. The number of nitrogens with zero attached hydrogens (tertiary/aromatic N) is 3. The largest absolute Gasteiger partial charge is 0.497 e. The van der Waals surface area contributed by atoms with Crippen molar-refractivity contribution in [2.24, 2.45) is 10.9 Å². The standard InChI is InChI=1S/C26H31N3O8/c1-13(2)10-18(30)29-17(22(31)35-5)12-26-15-11-14(34-4)8-9-16(15)28(3)21(26)19(23(32)36-6)20(24(33)37-7)27-25(26)29/h8-9,11,13,17,21H,10,12H2,1-7H3/t17-,21?,26-/m0/s1. The first kappa shape index (κ1) is 26.2. The summed E-state index contributed by atoms with van der Waals surface area (Å²) < 4.78 is 20.6. The molecular formula is C26H31N3O8. The van der Waals surface area contributed by atoms with Gasteiger partial charge in [0.1, 0.15) is 17.6 Å². The third-order valence-corrected chi connectivity index (χ3v) is 7.23. The highest BCUT2D eigenvalue weighted by molar-refractivity contribution is 6.17. The summed E-state index contributed by atoms with van der Waals surface area (Å²) in [5, 5.41) is 0. The number of fused-ring (bicyclic) bond motifs is 1. The molecule has 0 aliphatic carbocycles. The number of esters is 3. The van der Waals surface area contributed by atoms with Crippen LogP contribution in [0.5, 0.6) is 5.75 Å². The third-order valence-electron chi connectivity index (χ3n) is 7.23. The lowest BCUT2D eigenvalue weighted by atomic mass is 9.69. The van der Waals surface area contributed by atoms with Gasteiger partial charge in [0.2, 0.25) is 5.91 Å². The Kier molecular flexibility index (Phi) is 6.74. The molecular weight excluding hydrogens is 482 g/mol. The summed E-state index contributed by atoms with van der Waals surface area (Å²) in [5.41, 5.74) is -0.0162. The Balaban J connectivity index is 2.10. The van der Waals surface area contributed by atoms with E-state index in [-0.39, 0.29) is 41.8 Å². The quantitative estimate of drug-likeness (QED) is 0.412. The molecule has 198 valence electrons. The number of rotatable bonds is 6. The fraction of sp³-hybridized carbons (Fsp3) is 0.500. The lowest BCUT2D eigenvalue weighted by molar-refractivity contribution is -0.149. The number of carbonyl (C=O) groups excluding carboxylic acids is 4. The smallest absolute Gasteiger partial charge is 0.357 e. The molecule has 37 heavy (non-hydrogen) atoms. The molecule has 1 amide bonds. The van der Waals surface area contributed by atoms with Gasteiger partial charge < -0.3 is 23.8 Å². The van der Waals surface area contributed by atoms with Crippen molar-refractivity contribution in [2.45, 2.75) is 44.2 Å². The van der Waals surface area contributed by atoms with E-state index in [1.54, 1.807) is 13.1 Å². The van der Waals surface area contributed by atoms with Gasteiger partial charge in [-0.15, -0.1) is 0 Å². The van der Waals surface area contributed by atoms with Gasteiger partial charge in [-0.25, -0.2) is 19.4 Å². The van der Waals surface area contributed by atoms with Crippen molar-refractivity contribution in [3.05, 3.63) is 35.0 Å². The minimum absolute atomic E-state index is 0.0118. The van der Waals surface area contributed by atoms with E-state index < -0.39 is 35.4 Å². The molecule has 11 nitrogen and oxygen atoms in total. The lowest BCUT2D eigenvalue weighted by Crippen LogP contribution is -2.55. The summed E-state index contributed by atoms with van der Waals surface area (Å²) in [7, 11) is 6.95. The topological polar surface area (TPSA) is 124 Å². The van der Waals surface area contributed by atoms with Gasteiger partial charge >= 0.3 is 17.9 Å². The minimum atomic E-state index is -1.16. The average Bonchev–Trinajstić information content (AvgIpc) is 3.36. The molecule has 1 aromatic carbocycles. The Labute approximate surface area is 215 Å². The highest BCUT2D eigenvalue weighted by Gasteiger charge is 2.67. The van der Waals surface area contributed by atoms with Crippen molar-refractivity contribution in [3.63, 3.8) is 0 Å². The van der Waals surface area contributed by atoms with Gasteiger partial charge in [-0.2, -0.15) is 0 Å². The van der Waals surface area contributed by atoms with Gasteiger partial charge in [-0.1, -0.05) is 13.8 Å². The fourth-order valence-electron chi connectivity index (χ4n) is 5.76. The number of amides is 1. The zero-order chi connectivity index (χ0) is 27.2. The van der Waals surface area contributed by atoms with Crippen molar-refractivity contribution >= 4 is 35.3 Å². The molecule has 0 radical (unpaired) electrons. The summed E-state index contributed by atoms with van der Waals surface area (Å²) in [6, 6.07) is 3.56. The van der Waals surface area contributed by atoms with Crippen LogP contribution in [0.2, 0.25) is 0 Å². The van der Waals surface area contributed by atoms with E-state index in [0.717, 1.165) is 5.69 Å². The van der Waals surface area contributed by atoms with E-state index in [0.29, 0.717) is 11.3 Å². The first-order chi connectivity index (χ1) is 17.6. The second kappa shape index (κ2) is 9.53. The van der Waals surface area contributed by atoms with E-state index >= 15 is 0 Å². The monoisotopic (exact) mass is 513 g/mol. The Bertz CT molecular complexity index is 1240. The van der Waals surface area contributed by atoms with Crippen molar-refractivity contribution in [1.29, 1.82) is 0 Å². The van der Waals surface area contributed by atoms with Crippen LogP contribution in [0.25, 0.3) is 0 Å². The number of amidine groups is 1. The van der Waals surface area contributed by atoms with E-state index in [2.05, 4.69) is 4.99 Å². The molecule has 3 heterocycles. The first-order valence-corrected chi connectivity index (χ1v) is 11.9. The molecule has 0 aromatic heterocycles. The number of likely N-dealkylation sites (N-methyl/N-ethyl adjacent to an activating group) is 1. The Hall–Kier alpha value is -3.89. The summed E-state index contributed by atoms with van der Waals surface area (Å²) in [4.78, 5) is 60.7. The molecule has 3 atom stereocenters. The molecule has 1 unspecified atom stereocenters. The zero-order valence-corrected chi connectivity index (χ0v) is 22.0. The average molecular weight is 514 g/mol. The van der Waals surface area contributed by atoms with Gasteiger partial charge in [0, 0.05) is 19.2 Å². The Morgan fingerprint density at radius 1 is 1.05 bits per heavy atom. The van der Waals surface area contributed by atoms with Crippen LogP contribution < -0.4 is 9.64 Å². The number of hydrogen-bond acceptors (Lipinski definition) is 10. The van der Waals surface area contributed by atoms with Crippen molar-refractivity contribution < 1.29 is 38.1 Å². The van der Waals surface area contributed by atoms with E-state index in [1.165, 1.54) is 33.3 Å². The Morgan fingerprint density at radius 3 is 2.30 bits per heavy atom. The van der Waals surface area contributed by atoms with Crippen LogP contribution in [0.4, 0.5) is 5.69 Å². The number of hydrogen-bond donors (Lipinski definition) is 0. The molecule has 0 N–H and O–H groups in total.